The zero-order valence-corrected chi connectivity index (χ0v) is 12.9. The molecule has 0 saturated heterocycles. The van der Waals surface area contributed by atoms with Crippen molar-refractivity contribution in [1.29, 1.82) is 0 Å². The molecule has 0 unspecified atom stereocenters. The molecule has 2 aromatic carbocycles. The van der Waals surface area contributed by atoms with E-state index in [0.717, 1.165) is 5.56 Å². The minimum absolute atomic E-state index is 0.325. The van der Waals surface area contributed by atoms with Crippen molar-refractivity contribution in [1.82, 2.24) is 0 Å². The van der Waals surface area contributed by atoms with E-state index in [2.05, 4.69) is 5.32 Å². The molecule has 118 valence electrons. The number of rotatable bonds is 6. The molecule has 5 nitrogen and oxygen atoms in total. The highest BCUT2D eigenvalue weighted by atomic mass is 16.5. The normalized spacial score (nSPS) is 10.3. The van der Waals surface area contributed by atoms with Gasteiger partial charge < -0.3 is 14.8 Å². The van der Waals surface area contributed by atoms with E-state index in [0.29, 0.717) is 29.0 Å². The summed E-state index contributed by atoms with van der Waals surface area (Å²) in [7, 11) is 3.11. The third-order valence-corrected chi connectivity index (χ3v) is 3.18. The summed E-state index contributed by atoms with van der Waals surface area (Å²) in [5.74, 6) is 0.879. The van der Waals surface area contributed by atoms with E-state index in [1.54, 1.807) is 56.7 Å². The summed E-state index contributed by atoms with van der Waals surface area (Å²) >= 11 is 0. The lowest BCUT2D eigenvalue weighted by molar-refractivity contribution is -0.111. The average molecular weight is 311 g/mol. The Morgan fingerprint density at radius 3 is 2.48 bits per heavy atom. The molecule has 2 aromatic rings. The van der Waals surface area contributed by atoms with Crippen molar-refractivity contribution in [2.24, 2.45) is 0 Å². The Bertz CT molecular complexity index is 738. The van der Waals surface area contributed by atoms with Crippen LogP contribution in [0.4, 0.5) is 5.69 Å². The van der Waals surface area contributed by atoms with Crippen LogP contribution in [0.2, 0.25) is 0 Å². The van der Waals surface area contributed by atoms with Crippen molar-refractivity contribution in [3.8, 4) is 11.5 Å². The number of benzene rings is 2. The highest BCUT2D eigenvalue weighted by Crippen LogP contribution is 2.27. The second-order valence-corrected chi connectivity index (χ2v) is 4.64. The quantitative estimate of drug-likeness (QED) is 0.657. The molecule has 5 heteroatoms. The summed E-state index contributed by atoms with van der Waals surface area (Å²) in [5, 5.41) is 2.67. The number of hydrogen-bond acceptors (Lipinski definition) is 4. The van der Waals surface area contributed by atoms with Crippen LogP contribution in [0.3, 0.4) is 0 Å². The van der Waals surface area contributed by atoms with Crippen LogP contribution in [0.1, 0.15) is 15.9 Å². The van der Waals surface area contributed by atoms with Gasteiger partial charge in [-0.15, -0.1) is 0 Å². The summed E-state index contributed by atoms with van der Waals surface area (Å²) in [6.07, 6.45) is 3.75. The molecule has 0 aliphatic heterocycles. The van der Waals surface area contributed by atoms with E-state index < -0.39 is 0 Å². The molecule has 0 bridgehead atoms. The first kappa shape index (κ1) is 16.3. The molecule has 0 heterocycles. The van der Waals surface area contributed by atoms with E-state index in [1.165, 1.54) is 6.08 Å². The molecule has 23 heavy (non-hydrogen) atoms. The van der Waals surface area contributed by atoms with Gasteiger partial charge in [-0.05, 0) is 35.9 Å². The number of carbonyl (C=O) groups excluding carboxylic acids is 2. The fourth-order valence-electron chi connectivity index (χ4n) is 2.02. The van der Waals surface area contributed by atoms with Gasteiger partial charge in [0.25, 0.3) is 0 Å². The Kier molecular flexibility index (Phi) is 5.52. The van der Waals surface area contributed by atoms with Gasteiger partial charge in [0.15, 0.2) is 17.8 Å². The molecule has 0 atom stereocenters. The van der Waals surface area contributed by atoms with Crippen molar-refractivity contribution in [2.45, 2.75) is 0 Å². The van der Waals surface area contributed by atoms with Gasteiger partial charge in [-0.2, -0.15) is 0 Å². The number of anilines is 1. The number of carbonyl (C=O) groups is 2. The van der Waals surface area contributed by atoms with Crippen molar-refractivity contribution in [3.05, 3.63) is 59.7 Å². The van der Waals surface area contributed by atoms with Crippen LogP contribution < -0.4 is 14.8 Å². The Balaban J connectivity index is 2.10. The van der Waals surface area contributed by atoms with Crippen molar-refractivity contribution < 1.29 is 19.1 Å². The zero-order chi connectivity index (χ0) is 16.7. The zero-order valence-electron chi connectivity index (χ0n) is 12.9. The van der Waals surface area contributed by atoms with E-state index in [4.69, 9.17) is 9.47 Å². The van der Waals surface area contributed by atoms with Gasteiger partial charge in [-0.25, -0.2) is 0 Å². The van der Waals surface area contributed by atoms with E-state index in [1.807, 2.05) is 6.07 Å². The molecule has 2 rings (SSSR count). The Morgan fingerprint density at radius 2 is 1.78 bits per heavy atom. The van der Waals surface area contributed by atoms with Gasteiger partial charge in [0.05, 0.1) is 19.9 Å². The molecule has 0 radical (unpaired) electrons. The highest BCUT2D eigenvalue weighted by molar-refractivity contribution is 6.04. The molecule has 0 spiro atoms. The maximum Gasteiger partial charge on any atom is 0.248 e. The molecule has 0 fully saturated rings. The minimum Gasteiger partial charge on any atom is -0.493 e. The van der Waals surface area contributed by atoms with E-state index in [-0.39, 0.29) is 5.91 Å². The second-order valence-electron chi connectivity index (χ2n) is 4.64. The Morgan fingerprint density at radius 1 is 1.04 bits per heavy atom. The summed E-state index contributed by atoms with van der Waals surface area (Å²) in [6.45, 7) is 0. The maximum atomic E-state index is 12.0. The molecule has 0 aromatic heterocycles. The summed E-state index contributed by atoms with van der Waals surface area (Å²) in [4.78, 5) is 22.9. The van der Waals surface area contributed by atoms with Gasteiger partial charge in [0.2, 0.25) is 5.91 Å². The monoisotopic (exact) mass is 311 g/mol. The fourth-order valence-corrected chi connectivity index (χ4v) is 2.02. The molecule has 0 aliphatic rings. The van der Waals surface area contributed by atoms with Crippen LogP contribution in [0.5, 0.6) is 11.5 Å². The molecular formula is C18H17NO4. The van der Waals surface area contributed by atoms with Crippen molar-refractivity contribution >= 4 is 24.0 Å². The maximum absolute atomic E-state index is 12.0. The van der Waals surface area contributed by atoms with Crippen LogP contribution >= 0.6 is 0 Å². The van der Waals surface area contributed by atoms with Crippen LogP contribution in [0.25, 0.3) is 6.08 Å². The number of hydrogen-bond donors (Lipinski definition) is 1. The lowest BCUT2D eigenvalue weighted by Crippen LogP contribution is -2.09. The molecule has 0 aliphatic carbocycles. The molecule has 1 N–H and O–H groups in total. The topological polar surface area (TPSA) is 64.6 Å². The largest absolute Gasteiger partial charge is 0.493 e. The lowest BCUT2D eigenvalue weighted by Gasteiger charge is -2.07. The van der Waals surface area contributed by atoms with Crippen LogP contribution in [-0.2, 0) is 4.79 Å². The first-order valence-electron chi connectivity index (χ1n) is 6.93. The smallest absolute Gasteiger partial charge is 0.248 e. The van der Waals surface area contributed by atoms with Gasteiger partial charge in [0, 0.05) is 11.6 Å². The lowest BCUT2D eigenvalue weighted by atomic mass is 10.1. The second kappa shape index (κ2) is 7.79. The van der Waals surface area contributed by atoms with Crippen LogP contribution in [0, 0.1) is 0 Å². The van der Waals surface area contributed by atoms with Crippen molar-refractivity contribution in [3.63, 3.8) is 0 Å². The summed E-state index contributed by atoms with van der Waals surface area (Å²) in [5.41, 5.74) is 1.70. The van der Waals surface area contributed by atoms with Crippen LogP contribution in [0.15, 0.2) is 48.5 Å². The Labute approximate surface area is 134 Å². The highest BCUT2D eigenvalue weighted by Gasteiger charge is 2.05. The third kappa shape index (κ3) is 4.20. The SMILES string of the molecule is COc1ccc(/C=C/C(=O)Nc2ccccc2C=O)cc1OC. The molecule has 0 saturated carbocycles. The van der Waals surface area contributed by atoms with Gasteiger partial charge >= 0.3 is 0 Å². The third-order valence-electron chi connectivity index (χ3n) is 3.18. The predicted molar refractivity (Wildman–Crippen MR) is 89.0 cm³/mol. The number of amides is 1. The van der Waals surface area contributed by atoms with Gasteiger partial charge in [-0.1, -0.05) is 18.2 Å². The first-order valence-corrected chi connectivity index (χ1v) is 6.93. The summed E-state index contributed by atoms with van der Waals surface area (Å²) in [6, 6.07) is 12.1. The minimum atomic E-state index is -0.325. The number of nitrogens with one attached hydrogen (secondary N) is 1. The average Bonchev–Trinajstić information content (AvgIpc) is 2.60. The molecule has 1 amide bonds. The van der Waals surface area contributed by atoms with Gasteiger partial charge in [0.1, 0.15) is 0 Å². The first-order chi connectivity index (χ1) is 11.2. The summed E-state index contributed by atoms with van der Waals surface area (Å²) < 4.78 is 10.4. The molecular weight excluding hydrogens is 294 g/mol. The van der Waals surface area contributed by atoms with Crippen LogP contribution in [-0.4, -0.2) is 26.4 Å². The fraction of sp³-hybridized carbons (Fsp3) is 0.111. The van der Waals surface area contributed by atoms with E-state index >= 15 is 0 Å². The Hall–Kier alpha value is -3.08. The predicted octanol–water partition coefficient (Wildman–Crippen LogP) is 3.17. The number of para-hydroxylation sites is 1. The number of ether oxygens (including phenoxy) is 2. The number of methoxy groups -OCH3 is 2. The number of aldehydes is 1. The van der Waals surface area contributed by atoms with Gasteiger partial charge in [-0.3, -0.25) is 9.59 Å². The van der Waals surface area contributed by atoms with Crippen molar-refractivity contribution in [2.75, 3.05) is 19.5 Å². The van der Waals surface area contributed by atoms with E-state index in [9.17, 15) is 9.59 Å². The standard InChI is InChI=1S/C18H17NO4/c1-22-16-9-7-13(11-17(16)23-2)8-10-18(21)19-15-6-4-3-5-14(15)12-20/h3-12H,1-2H3,(H,19,21)/b10-8+.